The first-order valence-corrected chi connectivity index (χ1v) is 9.75. The zero-order chi connectivity index (χ0) is 18.6. The maximum absolute atomic E-state index is 13.6. The van der Waals surface area contributed by atoms with Crippen LogP contribution in [0.3, 0.4) is 0 Å². The Kier molecular flexibility index (Phi) is 6.65. The number of rotatable bonds is 4. The van der Waals surface area contributed by atoms with Crippen LogP contribution >= 0.6 is 12.4 Å². The highest BCUT2D eigenvalue weighted by molar-refractivity contribution is 6.07. The molecule has 4 nitrogen and oxygen atoms in total. The number of pyridine rings is 1. The van der Waals surface area contributed by atoms with Gasteiger partial charge in [0.05, 0.1) is 16.8 Å². The number of nitrogens with one attached hydrogen (secondary N) is 1. The molecule has 1 N–H and O–H groups in total. The largest absolute Gasteiger partial charge is 0.336 e. The number of aromatic nitrogens is 1. The fraction of sp³-hybridized carbons (Fsp3) is 0.304. The monoisotopic (exact) mass is 395 g/mol. The Morgan fingerprint density at radius 1 is 1.07 bits per heavy atom. The fourth-order valence-corrected chi connectivity index (χ4v) is 3.95. The number of piperidine rings is 1. The van der Waals surface area contributed by atoms with Gasteiger partial charge in [0.1, 0.15) is 0 Å². The number of carbonyl (C=O) groups excluding carboxylic acids is 1. The molecule has 0 radical (unpaired) electrons. The predicted octanol–water partition coefficient (Wildman–Crippen LogP) is 4.54. The van der Waals surface area contributed by atoms with Gasteiger partial charge in [0.2, 0.25) is 0 Å². The van der Waals surface area contributed by atoms with Gasteiger partial charge in [-0.15, -0.1) is 12.4 Å². The van der Waals surface area contributed by atoms with Crippen LogP contribution < -0.4 is 5.32 Å². The molecular weight excluding hydrogens is 370 g/mol. The molecule has 2 aromatic carbocycles. The Morgan fingerprint density at radius 3 is 2.46 bits per heavy atom. The van der Waals surface area contributed by atoms with Crippen LogP contribution in [0.4, 0.5) is 0 Å². The van der Waals surface area contributed by atoms with Crippen LogP contribution in [0.25, 0.3) is 22.2 Å². The standard InChI is InChI=1S/C23H25N3O.ClH/c1-2-26(18-12-14-24-15-13-18)23(27)20-16-22(17-8-4-3-5-9-17)25-21-11-7-6-10-19(20)21;/h3-11,16,18,24H,2,12-15H2,1H3;1H. The van der Waals surface area contributed by atoms with Gasteiger partial charge in [-0.2, -0.15) is 0 Å². The Morgan fingerprint density at radius 2 is 1.75 bits per heavy atom. The molecule has 1 amide bonds. The van der Waals surface area contributed by atoms with Crippen LogP contribution in [0.2, 0.25) is 0 Å². The number of nitrogens with zero attached hydrogens (tertiary/aromatic N) is 2. The van der Waals surface area contributed by atoms with Crippen LogP contribution in [0.1, 0.15) is 30.1 Å². The molecule has 3 aromatic rings. The smallest absolute Gasteiger partial charge is 0.254 e. The Labute approximate surface area is 172 Å². The summed E-state index contributed by atoms with van der Waals surface area (Å²) in [4.78, 5) is 20.4. The van der Waals surface area contributed by atoms with E-state index in [1.165, 1.54) is 0 Å². The van der Waals surface area contributed by atoms with Crippen molar-refractivity contribution in [3.8, 4) is 11.3 Å². The van der Waals surface area contributed by atoms with Gasteiger partial charge in [0.15, 0.2) is 0 Å². The van der Waals surface area contributed by atoms with Gasteiger partial charge in [0.25, 0.3) is 5.91 Å². The summed E-state index contributed by atoms with van der Waals surface area (Å²) >= 11 is 0. The van der Waals surface area contributed by atoms with E-state index in [-0.39, 0.29) is 18.3 Å². The molecule has 0 atom stereocenters. The number of benzene rings is 2. The highest BCUT2D eigenvalue weighted by Gasteiger charge is 2.26. The Bertz CT molecular complexity index is 939. The van der Waals surface area contributed by atoms with E-state index in [1.807, 2.05) is 65.6 Å². The van der Waals surface area contributed by atoms with E-state index in [2.05, 4.69) is 12.2 Å². The molecule has 4 rings (SSSR count). The lowest BCUT2D eigenvalue weighted by atomic mass is 10.00. The fourth-order valence-electron chi connectivity index (χ4n) is 3.95. The van der Waals surface area contributed by atoms with E-state index in [1.54, 1.807) is 0 Å². The highest BCUT2D eigenvalue weighted by atomic mass is 35.5. The number of para-hydroxylation sites is 1. The molecule has 1 saturated heterocycles. The molecule has 1 fully saturated rings. The third-order valence-electron chi connectivity index (χ3n) is 5.37. The van der Waals surface area contributed by atoms with E-state index in [4.69, 9.17) is 4.98 Å². The van der Waals surface area contributed by atoms with Crippen molar-refractivity contribution in [2.45, 2.75) is 25.8 Å². The summed E-state index contributed by atoms with van der Waals surface area (Å²) < 4.78 is 0. The molecule has 1 aliphatic heterocycles. The lowest BCUT2D eigenvalue weighted by Gasteiger charge is -2.34. The summed E-state index contributed by atoms with van der Waals surface area (Å²) in [5, 5.41) is 4.31. The summed E-state index contributed by atoms with van der Waals surface area (Å²) in [6.45, 7) is 4.74. The van der Waals surface area contributed by atoms with Crippen LogP contribution in [-0.2, 0) is 0 Å². The van der Waals surface area contributed by atoms with Gasteiger partial charge in [0, 0.05) is 23.5 Å². The average molecular weight is 396 g/mol. The third-order valence-corrected chi connectivity index (χ3v) is 5.37. The van der Waals surface area contributed by atoms with E-state index in [0.29, 0.717) is 6.04 Å². The van der Waals surface area contributed by atoms with Crippen LogP contribution in [0.5, 0.6) is 0 Å². The second-order valence-corrected chi connectivity index (χ2v) is 7.01. The number of hydrogen-bond donors (Lipinski definition) is 1. The first-order chi connectivity index (χ1) is 13.3. The topological polar surface area (TPSA) is 45.2 Å². The molecule has 5 heteroatoms. The molecule has 28 heavy (non-hydrogen) atoms. The molecule has 1 aromatic heterocycles. The molecule has 1 aliphatic rings. The van der Waals surface area contributed by atoms with E-state index in [0.717, 1.165) is 60.2 Å². The minimum absolute atomic E-state index is 0. The van der Waals surface area contributed by atoms with Crippen molar-refractivity contribution in [1.82, 2.24) is 15.2 Å². The molecular formula is C23H26ClN3O. The molecule has 0 spiro atoms. The van der Waals surface area contributed by atoms with Crippen molar-refractivity contribution in [3.05, 3.63) is 66.2 Å². The molecule has 0 unspecified atom stereocenters. The van der Waals surface area contributed by atoms with Crippen molar-refractivity contribution in [1.29, 1.82) is 0 Å². The van der Waals surface area contributed by atoms with Crippen molar-refractivity contribution in [2.75, 3.05) is 19.6 Å². The van der Waals surface area contributed by atoms with E-state index < -0.39 is 0 Å². The van der Waals surface area contributed by atoms with Crippen LogP contribution in [0.15, 0.2) is 60.7 Å². The first-order valence-electron chi connectivity index (χ1n) is 9.75. The third kappa shape index (κ3) is 4.03. The van der Waals surface area contributed by atoms with Crippen molar-refractivity contribution in [3.63, 3.8) is 0 Å². The number of halogens is 1. The quantitative estimate of drug-likeness (QED) is 0.705. The predicted molar refractivity (Wildman–Crippen MR) is 117 cm³/mol. The van der Waals surface area contributed by atoms with Crippen molar-refractivity contribution in [2.24, 2.45) is 0 Å². The molecule has 146 valence electrons. The molecule has 0 aliphatic carbocycles. The lowest BCUT2D eigenvalue weighted by Crippen LogP contribution is -2.46. The highest BCUT2D eigenvalue weighted by Crippen LogP contribution is 2.27. The summed E-state index contributed by atoms with van der Waals surface area (Å²) in [7, 11) is 0. The van der Waals surface area contributed by atoms with Gasteiger partial charge >= 0.3 is 0 Å². The number of carbonyl (C=O) groups is 1. The van der Waals surface area contributed by atoms with Gasteiger partial charge in [-0.05, 0) is 45.0 Å². The van der Waals surface area contributed by atoms with Gasteiger partial charge in [-0.25, -0.2) is 4.98 Å². The maximum Gasteiger partial charge on any atom is 0.254 e. The summed E-state index contributed by atoms with van der Waals surface area (Å²) in [5.74, 6) is 0.111. The molecule has 2 heterocycles. The van der Waals surface area contributed by atoms with E-state index >= 15 is 0 Å². The summed E-state index contributed by atoms with van der Waals surface area (Å²) in [6, 6.07) is 20.3. The van der Waals surface area contributed by atoms with Gasteiger partial charge in [-0.1, -0.05) is 48.5 Å². The zero-order valence-electron chi connectivity index (χ0n) is 16.1. The normalized spacial score (nSPS) is 14.5. The second kappa shape index (κ2) is 9.18. The Balaban J connectivity index is 0.00000225. The minimum atomic E-state index is 0. The van der Waals surface area contributed by atoms with Crippen molar-refractivity contribution < 1.29 is 4.79 Å². The minimum Gasteiger partial charge on any atom is -0.336 e. The SMILES string of the molecule is CCN(C(=O)c1cc(-c2ccccc2)nc2ccccc12)C1CCNCC1.Cl. The first kappa shape index (κ1) is 20.3. The molecule has 0 bridgehead atoms. The average Bonchev–Trinajstić information content (AvgIpc) is 2.75. The Hall–Kier alpha value is -2.43. The second-order valence-electron chi connectivity index (χ2n) is 7.01. The zero-order valence-corrected chi connectivity index (χ0v) is 16.9. The van der Waals surface area contributed by atoms with Crippen LogP contribution in [-0.4, -0.2) is 41.5 Å². The molecule has 0 saturated carbocycles. The van der Waals surface area contributed by atoms with Crippen LogP contribution in [0, 0.1) is 0 Å². The summed E-state index contributed by atoms with van der Waals surface area (Å²) in [6.07, 6.45) is 2.02. The van der Waals surface area contributed by atoms with Crippen molar-refractivity contribution >= 4 is 29.2 Å². The number of amides is 1. The van der Waals surface area contributed by atoms with E-state index in [9.17, 15) is 4.79 Å². The number of hydrogen-bond acceptors (Lipinski definition) is 3. The maximum atomic E-state index is 13.6. The van der Waals surface area contributed by atoms with Gasteiger partial charge in [-0.3, -0.25) is 4.79 Å². The summed E-state index contributed by atoms with van der Waals surface area (Å²) in [5.41, 5.74) is 3.49. The van der Waals surface area contributed by atoms with Gasteiger partial charge < -0.3 is 10.2 Å². The lowest BCUT2D eigenvalue weighted by molar-refractivity contribution is 0.0658. The number of fused-ring (bicyclic) bond motifs is 1.